The van der Waals surface area contributed by atoms with Gasteiger partial charge >= 0.3 is 11.8 Å². The molecule has 1 aliphatic heterocycles. The molecule has 10 heteroatoms. The fraction of sp³-hybridized carbons (Fsp3) is 0.222. The van der Waals surface area contributed by atoms with Crippen LogP contribution in [0.5, 0.6) is 17.2 Å². The molecule has 0 fully saturated rings. The van der Waals surface area contributed by atoms with Gasteiger partial charge in [0.15, 0.2) is 11.5 Å². The summed E-state index contributed by atoms with van der Waals surface area (Å²) in [6.45, 7) is 0.268. The Hall–Kier alpha value is -3.82. The van der Waals surface area contributed by atoms with Crippen molar-refractivity contribution >= 4 is 23.2 Å². The molecule has 0 saturated carbocycles. The summed E-state index contributed by atoms with van der Waals surface area (Å²) >= 11 is 0. The molecule has 0 spiro atoms. The molecule has 1 heterocycles. The van der Waals surface area contributed by atoms with Crippen LogP contribution >= 0.6 is 0 Å². The zero-order valence-electron chi connectivity index (χ0n) is 14.8. The lowest BCUT2D eigenvalue weighted by Crippen LogP contribution is -2.44. The highest BCUT2D eigenvalue weighted by molar-refractivity contribution is 6.39. The highest BCUT2D eigenvalue weighted by Crippen LogP contribution is 2.31. The molecule has 0 saturated heterocycles. The number of rotatable bonds is 5. The van der Waals surface area contributed by atoms with Crippen LogP contribution in [0, 0.1) is 10.1 Å². The predicted molar refractivity (Wildman–Crippen MR) is 97.6 cm³/mol. The molecular formula is C18H17N3O7. The monoisotopic (exact) mass is 387 g/mol. The maximum Gasteiger partial charge on any atom is 0.313 e. The van der Waals surface area contributed by atoms with Crippen molar-refractivity contribution in [3.63, 3.8) is 0 Å². The Bertz CT molecular complexity index is 916. The van der Waals surface area contributed by atoms with Crippen molar-refractivity contribution in [1.29, 1.82) is 0 Å². The Morgan fingerprint density at radius 3 is 2.68 bits per heavy atom. The van der Waals surface area contributed by atoms with E-state index in [2.05, 4.69) is 10.6 Å². The average Bonchev–Trinajstić information content (AvgIpc) is 2.71. The van der Waals surface area contributed by atoms with Crippen LogP contribution in [0.1, 0.15) is 0 Å². The molecule has 10 nitrogen and oxygen atoms in total. The summed E-state index contributed by atoms with van der Waals surface area (Å²) < 4.78 is 16.3. The standard InChI is InChI=1S/C18H17N3O7/c1-26-14-7-6-11(21(24)25)8-13(14)20-18(23)17(22)19-9-12-10-27-15-4-2-3-5-16(15)28-12/h2-8,12H,9-10H2,1H3,(H,19,22)(H,20,23). The van der Waals surface area contributed by atoms with Gasteiger partial charge in [-0.05, 0) is 18.2 Å². The van der Waals surface area contributed by atoms with Gasteiger partial charge in [-0.2, -0.15) is 0 Å². The van der Waals surface area contributed by atoms with Crippen LogP contribution in [0.15, 0.2) is 42.5 Å². The molecule has 0 aromatic heterocycles. The van der Waals surface area contributed by atoms with E-state index < -0.39 is 22.8 Å². The average molecular weight is 387 g/mol. The number of benzene rings is 2. The van der Waals surface area contributed by atoms with Crippen molar-refractivity contribution in [3.05, 3.63) is 52.6 Å². The summed E-state index contributed by atoms with van der Waals surface area (Å²) in [7, 11) is 1.34. The number of fused-ring (bicyclic) bond motifs is 1. The van der Waals surface area contributed by atoms with E-state index in [-0.39, 0.29) is 30.3 Å². The van der Waals surface area contributed by atoms with Gasteiger partial charge in [0, 0.05) is 12.1 Å². The first-order valence-corrected chi connectivity index (χ1v) is 8.28. The summed E-state index contributed by atoms with van der Waals surface area (Å²) in [5.74, 6) is -0.557. The summed E-state index contributed by atoms with van der Waals surface area (Å²) in [6, 6.07) is 10.8. The summed E-state index contributed by atoms with van der Waals surface area (Å²) in [6.07, 6.45) is -0.459. The summed E-state index contributed by atoms with van der Waals surface area (Å²) in [5.41, 5.74) is -0.231. The summed E-state index contributed by atoms with van der Waals surface area (Å²) in [4.78, 5) is 34.4. The number of hydrogen-bond donors (Lipinski definition) is 2. The number of carbonyl (C=O) groups is 2. The van der Waals surface area contributed by atoms with Gasteiger partial charge in [0.05, 0.1) is 24.3 Å². The van der Waals surface area contributed by atoms with Crippen LogP contribution in [0.4, 0.5) is 11.4 Å². The zero-order valence-corrected chi connectivity index (χ0v) is 14.8. The highest BCUT2D eigenvalue weighted by Gasteiger charge is 2.23. The molecule has 2 aromatic carbocycles. The van der Waals surface area contributed by atoms with Gasteiger partial charge < -0.3 is 24.8 Å². The van der Waals surface area contributed by atoms with E-state index in [9.17, 15) is 19.7 Å². The number of non-ortho nitro benzene ring substituents is 1. The molecule has 1 atom stereocenters. The minimum absolute atomic E-state index is 0.0167. The predicted octanol–water partition coefficient (Wildman–Crippen LogP) is 1.50. The van der Waals surface area contributed by atoms with Crippen molar-refractivity contribution in [2.24, 2.45) is 0 Å². The van der Waals surface area contributed by atoms with Crippen LogP contribution in [0.3, 0.4) is 0 Å². The smallest absolute Gasteiger partial charge is 0.313 e. The quantitative estimate of drug-likeness (QED) is 0.452. The molecule has 0 aliphatic carbocycles. The number of anilines is 1. The van der Waals surface area contributed by atoms with Gasteiger partial charge in [0.2, 0.25) is 0 Å². The fourth-order valence-electron chi connectivity index (χ4n) is 2.54. The van der Waals surface area contributed by atoms with Crippen LogP contribution in [-0.2, 0) is 9.59 Å². The van der Waals surface area contributed by atoms with E-state index in [0.29, 0.717) is 11.5 Å². The number of methoxy groups -OCH3 is 1. The number of nitro benzene ring substituents is 1. The number of hydrogen-bond acceptors (Lipinski definition) is 7. The van der Waals surface area contributed by atoms with Crippen molar-refractivity contribution in [1.82, 2.24) is 5.32 Å². The van der Waals surface area contributed by atoms with Crippen molar-refractivity contribution in [2.45, 2.75) is 6.10 Å². The fourth-order valence-corrected chi connectivity index (χ4v) is 2.54. The number of carbonyl (C=O) groups excluding carboxylic acids is 2. The number of amides is 2. The molecular weight excluding hydrogens is 370 g/mol. The van der Waals surface area contributed by atoms with E-state index in [1.54, 1.807) is 18.2 Å². The second-order valence-corrected chi connectivity index (χ2v) is 5.80. The maximum atomic E-state index is 12.1. The molecule has 2 amide bonds. The van der Waals surface area contributed by atoms with Crippen LogP contribution < -0.4 is 24.8 Å². The molecule has 1 aliphatic rings. The maximum absolute atomic E-state index is 12.1. The Balaban J connectivity index is 1.58. The van der Waals surface area contributed by atoms with Gasteiger partial charge in [-0.25, -0.2) is 0 Å². The normalized spacial score (nSPS) is 14.7. The van der Waals surface area contributed by atoms with Crippen LogP contribution in [0.25, 0.3) is 0 Å². The first-order valence-electron chi connectivity index (χ1n) is 8.28. The topological polar surface area (TPSA) is 129 Å². The van der Waals surface area contributed by atoms with Crippen molar-refractivity contribution < 1.29 is 28.7 Å². The van der Waals surface area contributed by atoms with Crippen LogP contribution in [-0.4, -0.2) is 43.1 Å². The number of nitrogens with one attached hydrogen (secondary N) is 2. The first kappa shape index (κ1) is 19.0. The molecule has 3 rings (SSSR count). The van der Waals surface area contributed by atoms with Crippen molar-refractivity contribution in [2.75, 3.05) is 25.6 Å². The number of ether oxygens (including phenoxy) is 3. The Kier molecular flexibility index (Phi) is 5.58. The largest absolute Gasteiger partial charge is 0.495 e. The second kappa shape index (κ2) is 8.25. The van der Waals surface area contributed by atoms with E-state index >= 15 is 0 Å². The lowest BCUT2D eigenvalue weighted by atomic mass is 10.2. The minimum Gasteiger partial charge on any atom is -0.495 e. The molecule has 2 aromatic rings. The second-order valence-electron chi connectivity index (χ2n) is 5.80. The molecule has 2 N–H and O–H groups in total. The molecule has 0 bridgehead atoms. The Morgan fingerprint density at radius 1 is 1.21 bits per heavy atom. The van der Waals surface area contributed by atoms with Gasteiger partial charge in [-0.3, -0.25) is 19.7 Å². The van der Waals surface area contributed by atoms with E-state index in [0.717, 1.165) is 6.07 Å². The minimum atomic E-state index is -0.990. The third-order valence-electron chi connectivity index (χ3n) is 3.91. The SMILES string of the molecule is COc1ccc([N+](=O)[O-])cc1NC(=O)C(=O)NCC1COc2ccccc2O1. The molecule has 1 unspecified atom stereocenters. The number of nitro groups is 1. The van der Waals surface area contributed by atoms with Crippen molar-refractivity contribution in [3.8, 4) is 17.2 Å². The van der Waals surface area contributed by atoms with E-state index in [1.165, 1.54) is 19.2 Å². The summed E-state index contributed by atoms with van der Waals surface area (Å²) in [5, 5.41) is 15.6. The first-order chi connectivity index (χ1) is 13.5. The van der Waals surface area contributed by atoms with Crippen LogP contribution in [0.2, 0.25) is 0 Å². The lowest BCUT2D eigenvalue weighted by molar-refractivity contribution is -0.384. The van der Waals surface area contributed by atoms with Gasteiger partial charge in [-0.15, -0.1) is 0 Å². The Labute approximate surface area is 159 Å². The Morgan fingerprint density at radius 2 is 1.96 bits per heavy atom. The molecule has 0 radical (unpaired) electrons. The number of nitrogens with zero attached hydrogens (tertiary/aromatic N) is 1. The highest BCUT2D eigenvalue weighted by atomic mass is 16.6. The number of para-hydroxylation sites is 2. The molecule has 28 heavy (non-hydrogen) atoms. The lowest BCUT2D eigenvalue weighted by Gasteiger charge is -2.26. The zero-order chi connectivity index (χ0) is 20.1. The van der Waals surface area contributed by atoms with Gasteiger partial charge in [-0.1, -0.05) is 12.1 Å². The van der Waals surface area contributed by atoms with Gasteiger partial charge in [0.1, 0.15) is 18.5 Å². The third kappa shape index (κ3) is 4.29. The van der Waals surface area contributed by atoms with E-state index in [1.807, 2.05) is 6.07 Å². The van der Waals surface area contributed by atoms with E-state index in [4.69, 9.17) is 14.2 Å². The van der Waals surface area contributed by atoms with Gasteiger partial charge in [0.25, 0.3) is 5.69 Å². The molecule has 146 valence electrons. The third-order valence-corrected chi connectivity index (χ3v) is 3.91.